The van der Waals surface area contributed by atoms with Gasteiger partial charge in [0, 0.05) is 6.54 Å². The Morgan fingerprint density at radius 3 is 2.45 bits per heavy atom. The van der Waals surface area contributed by atoms with Gasteiger partial charge in [0.1, 0.15) is 10.6 Å². The van der Waals surface area contributed by atoms with E-state index in [0.29, 0.717) is 12.4 Å². The molecule has 0 saturated carbocycles. The molecule has 0 aliphatic heterocycles. The summed E-state index contributed by atoms with van der Waals surface area (Å²) in [5.74, 6) is 0.372. The van der Waals surface area contributed by atoms with Crippen molar-refractivity contribution in [2.45, 2.75) is 58.0 Å². The number of aliphatic hydroxyl groups excluding tert-OH is 1. The van der Waals surface area contributed by atoms with Crippen LogP contribution in [0, 0.1) is 13.8 Å². The molecule has 0 amide bonds. The van der Waals surface area contributed by atoms with Gasteiger partial charge in [-0.05, 0) is 50.5 Å². The molecule has 0 bridgehead atoms. The molecule has 22 heavy (non-hydrogen) atoms. The molecule has 0 aromatic heterocycles. The molecule has 0 fully saturated rings. The number of ether oxygens (including phenoxy) is 1. The first-order valence-electron chi connectivity index (χ1n) is 7.69. The Balaban J connectivity index is 3.02. The third-order valence-electron chi connectivity index (χ3n) is 3.42. The van der Waals surface area contributed by atoms with E-state index in [1.807, 2.05) is 13.8 Å². The number of rotatable bonds is 9. The quantitative estimate of drug-likeness (QED) is 0.683. The molecular weight excluding hydrogens is 302 g/mol. The predicted molar refractivity (Wildman–Crippen MR) is 87.8 cm³/mol. The summed E-state index contributed by atoms with van der Waals surface area (Å²) in [6, 6.07) is 3.38. The number of aliphatic hydroxyl groups is 1. The Morgan fingerprint density at radius 2 is 1.86 bits per heavy atom. The lowest BCUT2D eigenvalue weighted by atomic mass is 10.1. The Hall–Kier alpha value is -1.11. The summed E-state index contributed by atoms with van der Waals surface area (Å²) in [4.78, 5) is 0.132. The molecule has 1 aromatic carbocycles. The van der Waals surface area contributed by atoms with Gasteiger partial charge in [-0.1, -0.05) is 19.8 Å². The molecule has 0 aliphatic carbocycles. The van der Waals surface area contributed by atoms with Crippen LogP contribution in [-0.2, 0) is 10.0 Å². The minimum absolute atomic E-state index is 0.0233. The lowest BCUT2D eigenvalue weighted by molar-refractivity contribution is 0.198. The number of hydrogen-bond donors (Lipinski definition) is 2. The summed E-state index contributed by atoms with van der Waals surface area (Å²) in [6.07, 6.45) is 2.28. The van der Waals surface area contributed by atoms with Crippen LogP contribution in [0.25, 0.3) is 0 Å². The lowest BCUT2D eigenvalue weighted by Crippen LogP contribution is -2.31. The highest BCUT2D eigenvalue weighted by atomic mass is 32.2. The first-order valence-corrected chi connectivity index (χ1v) is 9.18. The van der Waals surface area contributed by atoms with Crippen molar-refractivity contribution in [1.82, 2.24) is 4.72 Å². The molecule has 0 radical (unpaired) electrons. The molecule has 6 heteroatoms. The maximum Gasteiger partial charge on any atom is 0.244 e. The molecule has 0 unspecified atom stereocenters. The number of unbranched alkanes of at least 4 members (excludes halogenated alkanes) is 2. The second kappa shape index (κ2) is 8.50. The summed E-state index contributed by atoms with van der Waals surface area (Å²) in [5, 5.41) is 9.27. The predicted octanol–water partition coefficient (Wildman–Crippen LogP) is 2.53. The van der Waals surface area contributed by atoms with Gasteiger partial charge >= 0.3 is 0 Å². The molecule has 1 aromatic rings. The minimum atomic E-state index is -3.70. The summed E-state index contributed by atoms with van der Waals surface area (Å²) >= 11 is 0. The average Bonchev–Trinajstić information content (AvgIpc) is 2.44. The third-order valence-corrected chi connectivity index (χ3v) is 4.87. The highest BCUT2D eigenvalue weighted by Gasteiger charge is 2.21. The van der Waals surface area contributed by atoms with E-state index in [9.17, 15) is 13.5 Å². The molecule has 126 valence electrons. The lowest BCUT2D eigenvalue weighted by Gasteiger charge is -2.15. The zero-order valence-corrected chi connectivity index (χ0v) is 14.7. The number of sulfonamides is 1. The fourth-order valence-corrected chi connectivity index (χ4v) is 3.26. The van der Waals surface area contributed by atoms with Crippen LogP contribution in [-0.4, -0.2) is 32.8 Å². The van der Waals surface area contributed by atoms with E-state index in [1.54, 1.807) is 12.1 Å². The number of hydrogen-bond acceptors (Lipinski definition) is 4. The molecule has 0 saturated heterocycles. The van der Waals surface area contributed by atoms with Crippen LogP contribution in [0.4, 0.5) is 0 Å². The van der Waals surface area contributed by atoms with Crippen molar-refractivity contribution in [3.05, 3.63) is 23.3 Å². The topological polar surface area (TPSA) is 75.6 Å². The van der Waals surface area contributed by atoms with Crippen LogP contribution in [0.1, 0.15) is 44.2 Å². The third kappa shape index (κ3) is 5.59. The van der Waals surface area contributed by atoms with Gasteiger partial charge in [-0.3, -0.25) is 0 Å². The highest BCUT2D eigenvalue weighted by molar-refractivity contribution is 7.89. The first kappa shape index (κ1) is 18.9. The Labute approximate surface area is 133 Å². The van der Waals surface area contributed by atoms with Crippen molar-refractivity contribution in [3.63, 3.8) is 0 Å². The van der Waals surface area contributed by atoms with Crippen molar-refractivity contribution in [2.24, 2.45) is 0 Å². The van der Waals surface area contributed by atoms with Gasteiger partial charge in [-0.25, -0.2) is 13.1 Å². The van der Waals surface area contributed by atoms with Crippen molar-refractivity contribution < 1.29 is 18.3 Å². The molecule has 5 nitrogen and oxygen atoms in total. The van der Waals surface area contributed by atoms with Crippen LogP contribution in [0.2, 0.25) is 0 Å². The van der Waals surface area contributed by atoms with Crippen molar-refractivity contribution in [3.8, 4) is 5.75 Å². The van der Waals surface area contributed by atoms with Gasteiger partial charge in [-0.2, -0.15) is 0 Å². The highest BCUT2D eigenvalue weighted by Crippen LogP contribution is 2.27. The van der Waals surface area contributed by atoms with E-state index < -0.39 is 16.1 Å². The second-order valence-corrected chi connectivity index (χ2v) is 7.38. The Morgan fingerprint density at radius 1 is 1.23 bits per heavy atom. The van der Waals surface area contributed by atoms with Crippen LogP contribution in [0.3, 0.4) is 0 Å². The van der Waals surface area contributed by atoms with Gasteiger partial charge < -0.3 is 9.84 Å². The van der Waals surface area contributed by atoms with Crippen molar-refractivity contribution >= 4 is 10.0 Å². The van der Waals surface area contributed by atoms with E-state index in [-0.39, 0.29) is 11.4 Å². The molecule has 1 atom stereocenters. The molecule has 0 heterocycles. The summed E-state index contributed by atoms with van der Waals surface area (Å²) in [6.45, 7) is 7.90. The van der Waals surface area contributed by atoms with Crippen LogP contribution >= 0.6 is 0 Å². The molecule has 0 aliphatic rings. The minimum Gasteiger partial charge on any atom is -0.492 e. The van der Waals surface area contributed by atoms with Crippen LogP contribution < -0.4 is 9.46 Å². The van der Waals surface area contributed by atoms with Crippen molar-refractivity contribution in [2.75, 3.05) is 13.2 Å². The smallest absolute Gasteiger partial charge is 0.244 e. The van der Waals surface area contributed by atoms with Gasteiger partial charge in [0.25, 0.3) is 0 Å². The zero-order chi connectivity index (χ0) is 16.8. The zero-order valence-electron chi connectivity index (χ0n) is 13.8. The normalized spacial score (nSPS) is 13.1. The maximum atomic E-state index is 12.4. The van der Waals surface area contributed by atoms with Gasteiger partial charge in [0.05, 0.1) is 12.7 Å². The summed E-state index contributed by atoms with van der Waals surface area (Å²) in [5.41, 5.74) is 1.87. The molecule has 2 N–H and O–H groups in total. The molecular formula is C16H27NO4S. The average molecular weight is 329 g/mol. The van der Waals surface area contributed by atoms with Gasteiger partial charge in [-0.15, -0.1) is 0 Å². The van der Waals surface area contributed by atoms with Crippen LogP contribution in [0.15, 0.2) is 17.0 Å². The van der Waals surface area contributed by atoms with E-state index in [2.05, 4.69) is 11.6 Å². The molecule has 1 rings (SSSR count). The largest absolute Gasteiger partial charge is 0.492 e. The number of benzene rings is 1. The van der Waals surface area contributed by atoms with Crippen LogP contribution in [0.5, 0.6) is 5.75 Å². The van der Waals surface area contributed by atoms with E-state index in [0.717, 1.165) is 30.4 Å². The maximum absolute atomic E-state index is 12.4. The van der Waals surface area contributed by atoms with Gasteiger partial charge in [0.2, 0.25) is 10.0 Å². The second-order valence-electron chi connectivity index (χ2n) is 5.64. The van der Waals surface area contributed by atoms with E-state index in [1.165, 1.54) is 6.92 Å². The van der Waals surface area contributed by atoms with E-state index >= 15 is 0 Å². The summed E-state index contributed by atoms with van der Waals surface area (Å²) < 4.78 is 32.9. The molecule has 0 spiro atoms. The summed E-state index contributed by atoms with van der Waals surface area (Å²) in [7, 11) is -3.70. The SMILES string of the molecule is CCCCCOc1cc(C)c(C)cc1S(=O)(=O)NC[C@H](C)O. The monoisotopic (exact) mass is 329 g/mol. The van der Waals surface area contributed by atoms with E-state index in [4.69, 9.17) is 4.74 Å². The van der Waals surface area contributed by atoms with Crippen molar-refractivity contribution in [1.29, 1.82) is 0 Å². The Bertz CT molecular complexity index is 582. The number of aryl methyl sites for hydroxylation is 2. The Kier molecular flexibility index (Phi) is 7.32. The fraction of sp³-hybridized carbons (Fsp3) is 0.625. The standard InChI is InChI=1S/C16H27NO4S/c1-5-6-7-8-21-15-9-12(2)13(3)10-16(15)22(19,20)17-11-14(4)18/h9-10,14,17-18H,5-8,11H2,1-4H3/t14-/m0/s1. The first-order chi connectivity index (χ1) is 10.3. The number of nitrogens with one attached hydrogen (secondary N) is 1. The fourth-order valence-electron chi connectivity index (χ4n) is 1.93. The van der Waals surface area contributed by atoms with Gasteiger partial charge in [0.15, 0.2) is 0 Å².